The minimum Gasteiger partial charge on any atom is -0.264 e. The molecule has 0 unspecified atom stereocenters. The second kappa shape index (κ2) is 6.13. The van der Waals surface area contributed by atoms with Gasteiger partial charge >= 0.3 is 0 Å². The lowest BCUT2D eigenvalue weighted by molar-refractivity contribution is 0.690. The van der Waals surface area contributed by atoms with Crippen molar-refractivity contribution in [3.05, 3.63) is 84.2 Å². The average Bonchev–Trinajstić information content (AvgIpc) is 2.78. The van der Waals surface area contributed by atoms with Crippen LogP contribution in [0.4, 0.5) is 0 Å². The maximum atomic E-state index is 4.83. The lowest BCUT2D eigenvalue weighted by Gasteiger charge is -2.19. The summed E-state index contributed by atoms with van der Waals surface area (Å²) in [5.41, 5.74) is 6.26. The average molecular weight is 360 g/mol. The van der Waals surface area contributed by atoms with Gasteiger partial charge in [0.05, 0.1) is 11.2 Å². The van der Waals surface area contributed by atoms with Crippen LogP contribution in [0.25, 0.3) is 43.7 Å². The zero-order valence-electron chi connectivity index (χ0n) is 15.7. The van der Waals surface area contributed by atoms with Gasteiger partial charge in [-0.05, 0) is 82.6 Å². The van der Waals surface area contributed by atoms with E-state index in [0.29, 0.717) is 0 Å². The molecule has 2 aromatic heterocycles. The van der Waals surface area contributed by atoms with Gasteiger partial charge in [0, 0.05) is 23.3 Å². The topological polar surface area (TPSA) is 25.8 Å². The zero-order chi connectivity index (χ0) is 18.5. The Morgan fingerprint density at radius 3 is 2.54 bits per heavy atom. The first-order valence-electron chi connectivity index (χ1n) is 10.1. The molecule has 3 aromatic carbocycles. The molecular weight excluding hydrogens is 340 g/mol. The summed E-state index contributed by atoms with van der Waals surface area (Å²) in [7, 11) is 0. The number of rotatable bonds is 1. The van der Waals surface area contributed by atoms with E-state index in [1.165, 1.54) is 47.2 Å². The molecule has 0 saturated heterocycles. The van der Waals surface area contributed by atoms with Crippen LogP contribution < -0.4 is 0 Å². The summed E-state index contributed by atoms with van der Waals surface area (Å²) in [6.07, 6.45) is 8.74. The van der Waals surface area contributed by atoms with Gasteiger partial charge in [-0.3, -0.25) is 4.98 Å². The third-order valence-electron chi connectivity index (χ3n) is 6.13. The first-order valence-corrected chi connectivity index (χ1v) is 10.1. The van der Waals surface area contributed by atoms with E-state index in [9.17, 15) is 0 Å². The van der Waals surface area contributed by atoms with Gasteiger partial charge in [-0.2, -0.15) is 0 Å². The van der Waals surface area contributed by atoms with Crippen molar-refractivity contribution in [1.29, 1.82) is 0 Å². The molecule has 0 N–H and O–H groups in total. The van der Waals surface area contributed by atoms with E-state index in [1.54, 1.807) is 17.3 Å². The maximum absolute atomic E-state index is 4.83. The van der Waals surface area contributed by atoms with E-state index in [4.69, 9.17) is 4.98 Å². The molecule has 0 saturated carbocycles. The summed E-state index contributed by atoms with van der Waals surface area (Å²) >= 11 is 0. The standard InChI is InChI=1S/C26H20N2/c1-2-4-21-17(3-1)5-10-24-22-9-7-19(15-18(22)6-11-23(21)24)25-12-8-20-16-27-14-13-26(20)28-25/h5-16H,1-4H2. The van der Waals surface area contributed by atoms with Crippen molar-refractivity contribution < 1.29 is 0 Å². The monoisotopic (exact) mass is 360 g/mol. The Bertz CT molecular complexity index is 1370. The van der Waals surface area contributed by atoms with Crippen LogP contribution in [-0.2, 0) is 12.8 Å². The molecule has 1 aliphatic rings. The normalized spacial score (nSPS) is 13.9. The van der Waals surface area contributed by atoms with Crippen molar-refractivity contribution in [2.45, 2.75) is 25.7 Å². The summed E-state index contributed by atoms with van der Waals surface area (Å²) in [6.45, 7) is 0. The molecule has 0 radical (unpaired) electrons. The van der Waals surface area contributed by atoms with Gasteiger partial charge in [-0.25, -0.2) is 4.98 Å². The van der Waals surface area contributed by atoms with Crippen molar-refractivity contribution in [3.63, 3.8) is 0 Å². The van der Waals surface area contributed by atoms with Crippen LogP contribution in [0.15, 0.2) is 73.1 Å². The highest BCUT2D eigenvalue weighted by molar-refractivity contribution is 6.09. The molecule has 2 heterocycles. The van der Waals surface area contributed by atoms with E-state index in [1.807, 2.05) is 12.3 Å². The molecule has 2 nitrogen and oxygen atoms in total. The Kier molecular flexibility index (Phi) is 3.45. The Balaban J connectivity index is 1.53. The number of aromatic nitrogens is 2. The Labute approximate surface area is 163 Å². The summed E-state index contributed by atoms with van der Waals surface area (Å²) in [4.78, 5) is 9.01. The van der Waals surface area contributed by atoms with Crippen molar-refractivity contribution in [2.24, 2.45) is 0 Å². The number of pyridine rings is 2. The molecule has 134 valence electrons. The zero-order valence-corrected chi connectivity index (χ0v) is 15.7. The van der Waals surface area contributed by atoms with Crippen molar-refractivity contribution in [2.75, 3.05) is 0 Å². The van der Waals surface area contributed by atoms with Crippen LogP contribution >= 0.6 is 0 Å². The highest BCUT2D eigenvalue weighted by atomic mass is 14.7. The largest absolute Gasteiger partial charge is 0.264 e. The van der Waals surface area contributed by atoms with Crippen molar-refractivity contribution in [1.82, 2.24) is 9.97 Å². The van der Waals surface area contributed by atoms with E-state index < -0.39 is 0 Å². The Morgan fingerprint density at radius 1 is 0.679 bits per heavy atom. The summed E-state index contributed by atoms with van der Waals surface area (Å²) < 4.78 is 0. The fourth-order valence-corrected chi connectivity index (χ4v) is 4.69. The minimum atomic E-state index is 0.984. The van der Waals surface area contributed by atoms with Crippen LogP contribution in [0.2, 0.25) is 0 Å². The number of hydrogen-bond acceptors (Lipinski definition) is 2. The maximum Gasteiger partial charge on any atom is 0.0740 e. The number of benzene rings is 3. The van der Waals surface area contributed by atoms with Crippen LogP contribution in [0.5, 0.6) is 0 Å². The first-order chi connectivity index (χ1) is 13.9. The molecule has 0 spiro atoms. The summed E-state index contributed by atoms with van der Waals surface area (Å²) in [6, 6.07) is 22.2. The van der Waals surface area contributed by atoms with E-state index in [-0.39, 0.29) is 0 Å². The molecule has 0 atom stereocenters. The van der Waals surface area contributed by atoms with E-state index in [2.05, 4.69) is 59.6 Å². The van der Waals surface area contributed by atoms with Crippen molar-refractivity contribution in [3.8, 4) is 11.3 Å². The van der Waals surface area contributed by atoms with E-state index in [0.717, 1.165) is 22.2 Å². The highest BCUT2D eigenvalue weighted by Gasteiger charge is 2.14. The molecule has 0 bridgehead atoms. The number of fused-ring (bicyclic) bond motifs is 6. The lowest BCUT2D eigenvalue weighted by Crippen LogP contribution is -2.03. The number of nitrogens with zero attached hydrogens (tertiary/aromatic N) is 2. The predicted molar refractivity (Wildman–Crippen MR) is 117 cm³/mol. The molecule has 0 amide bonds. The van der Waals surface area contributed by atoms with Gasteiger partial charge in [0.2, 0.25) is 0 Å². The van der Waals surface area contributed by atoms with Gasteiger partial charge in [0.25, 0.3) is 0 Å². The summed E-state index contributed by atoms with van der Waals surface area (Å²) in [5, 5.41) is 6.50. The van der Waals surface area contributed by atoms with Crippen molar-refractivity contribution >= 4 is 32.4 Å². The highest BCUT2D eigenvalue weighted by Crippen LogP contribution is 2.34. The van der Waals surface area contributed by atoms with Gasteiger partial charge in [-0.15, -0.1) is 0 Å². The molecule has 6 rings (SSSR count). The number of hydrogen-bond donors (Lipinski definition) is 0. The smallest absolute Gasteiger partial charge is 0.0740 e. The fraction of sp³-hybridized carbons (Fsp3) is 0.154. The second-order valence-corrected chi connectivity index (χ2v) is 7.77. The van der Waals surface area contributed by atoms with Gasteiger partial charge < -0.3 is 0 Å². The molecule has 28 heavy (non-hydrogen) atoms. The third kappa shape index (κ3) is 2.41. The van der Waals surface area contributed by atoms with Crippen LogP contribution in [0.1, 0.15) is 24.0 Å². The molecule has 1 aliphatic carbocycles. The first kappa shape index (κ1) is 15.8. The fourth-order valence-electron chi connectivity index (χ4n) is 4.69. The summed E-state index contributed by atoms with van der Waals surface area (Å²) in [5.74, 6) is 0. The molecule has 2 heteroatoms. The molecular formula is C26H20N2. The van der Waals surface area contributed by atoms with Crippen LogP contribution in [-0.4, -0.2) is 9.97 Å². The quantitative estimate of drug-likeness (QED) is 0.320. The molecule has 0 fully saturated rings. The van der Waals surface area contributed by atoms with Gasteiger partial charge in [-0.1, -0.05) is 36.4 Å². The third-order valence-corrected chi connectivity index (χ3v) is 6.13. The SMILES string of the molecule is c1cc2nc(-c3ccc4c(ccc5c6c(ccc54)CCCC6)c3)ccc2cn1. The molecule has 0 aliphatic heterocycles. The minimum absolute atomic E-state index is 0.984. The van der Waals surface area contributed by atoms with E-state index >= 15 is 0 Å². The van der Waals surface area contributed by atoms with Crippen LogP contribution in [0.3, 0.4) is 0 Å². The second-order valence-electron chi connectivity index (χ2n) is 7.77. The predicted octanol–water partition coefficient (Wildman–Crippen LogP) is 6.48. The Morgan fingerprint density at radius 2 is 1.54 bits per heavy atom. The Hall–Kier alpha value is -3.26. The van der Waals surface area contributed by atoms with Gasteiger partial charge in [0.15, 0.2) is 0 Å². The molecule has 5 aromatic rings. The van der Waals surface area contributed by atoms with Gasteiger partial charge in [0.1, 0.15) is 0 Å². The lowest BCUT2D eigenvalue weighted by atomic mass is 9.86. The van der Waals surface area contributed by atoms with Crippen LogP contribution in [0, 0.1) is 0 Å². The number of aryl methyl sites for hydroxylation is 2.